The molecule has 1 amide bonds. The van der Waals surface area contributed by atoms with Gasteiger partial charge in [-0.2, -0.15) is 4.80 Å². The Hall–Kier alpha value is -3.28. The minimum atomic E-state index is -2.52. The SMILES string of the molecule is O=C(c1ccc(CC2CCC(C(O)c3ccccc3)N2)cc1)N1CCN(Cc2nnn(CC(F)F)n2)CC1. The highest BCUT2D eigenvalue weighted by molar-refractivity contribution is 5.94. The first-order valence-corrected chi connectivity index (χ1v) is 13.1. The van der Waals surface area contributed by atoms with E-state index in [2.05, 4.69) is 25.6 Å². The lowest BCUT2D eigenvalue weighted by atomic mass is 10.0. The van der Waals surface area contributed by atoms with Crippen molar-refractivity contribution in [3.05, 3.63) is 77.1 Å². The Morgan fingerprint density at radius 2 is 1.76 bits per heavy atom. The first-order valence-electron chi connectivity index (χ1n) is 13.1. The summed E-state index contributed by atoms with van der Waals surface area (Å²) in [6.07, 6.45) is -0.268. The van der Waals surface area contributed by atoms with Crippen LogP contribution in [-0.4, -0.2) is 85.7 Å². The number of aromatic nitrogens is 4. The van der Waals surface area contributed by atoms with Gasteiger partial charge in [0, 0.05) is 43.8 Å². The molecule has 3 heterocycles. The van der Waals surface area contributed by atoms with E-state index >= 15 is 0 Å². The second-order valence-corrected chi connectivity index (χ2v) is 10.0. The monoisotopic (exact) mass is 525 g/mol. The molecule has 2 aromatic carbocycles. The van der Waals surface area contributed by atoms with Gasteiger partial charge in [0.1, 0.15) is 6.54 Å². The third-order valence-corrected chi connectivity index (χ3v) is 7.30. The van der Waals surface area contributed by atoms with E-state index in [-0.39, 0.29) is 11.9 Å². The van der Waals surface area contributed by atoms with Crippen molar-refractivity contribution >= 4 is 5.91 Å². The van der Waals surface area contributed by atoms with E-state index in [1.807, 2.05) is 59.5 Å². The van der Waals surface area contributed by atoms with Gasteiger partial charge in [-0.15, -0.1) is 10.2 Å². The van der Waals surface area contributed by atoms with Crippen LogP contribution in [0.2, 0.25) is 0 Å². The van der Waals surface area contributed by atoms with Gasteiger partial charge in [0.2, 0.25) is 0 Å². The number of halogens is 2. The number of alkyl halides is 2. The van der Waals surface area contributed by atoms with Crippen LogP contribution in [0.25, 0.3) is 0 Å². The summed E-state index contributed by atoms with van der Waals surface area (Å²) in [4.78, 5) is 17.9. The average molecular weight is 526 g/mol. The molecule has 11 heteroatoms. The summed E-state index contributed by atoms with van der Waals surface area (Å²) < 4.78 is 24.9. The topological polar surface area (TPSA) is 99.4 Å². The molecule has 0 saturated carbocycles. The van der Waals surface area contributed by atoms with Gasteiger partial charge in [-0.25, -0.2) is 8.78 Å². The third kappa shape index (κ3) is 6.58. The number of benzene rings is 2. The van der Waals surface area contributed by atoms with Crippen LogP contribution >= 0.6 is 0 Å². The fourth-order valence-corrected chi connectivity index (χ4v) is 5.24. The van der Waals surface area contributed by atoms with Crippen molar-refractivity contribution in [2.24, 2.45) is 0 Å². The standard InChI is InChI=1S/C27H33F2N7O2/c28-24(29)17-36-32-25(31-33-36)18-34-12-14-35(15-13-34)27(38)21-8-6-19(7-9-21)16-22-10-11-23(30-22)26(37)20-4-2-1-3-5-20/h1-9,22-24,26,30,37H,10-18H2. The minimum absolute atomic E-state index is 0.00208. The maximum absolute atomic E-state index is 13.0. The van der Waals surface area contributed by atoms with Crippen molar-refractivity contribution in [2.45, 2.75) is 57.0 Å². The maximum Gasteiger partial charge on any atom is 0.259 e. The number of nitrogens with one attached hydrogen (secondary N) is 1. The lowest BCUT2D eigenvalue weighted by Crippen LogP contribution is -2.48. The van der Waals surface area contributed by atoms with Gasteiger partial charge < -0.3 is 15.3 Å². The predicted molar refractivity (Wildman–Crippen MR) is 136 cm³/mol. The highest BCUT2D eigenvalue weighted by Gasteiger charge is 2.30. The van der Waals surface area contributed by atoms with Crippen molar-refractivity contribution in [3.8, 4) is 0 Å². The van der Waals surface area contributed by atoms with Crippen LogP contribution in [0.4, 0.5) is 8.78 Å². The Balaban J connectivity index is 1.07. The first-order chi connectivity index (χ1) is 18.4. The molecule has 2 saturated heterocycles. The number of aliphatic hydroxyl groups excluding tert-OH is 1. The summed E-state index contributed by atoms with van der Waals surface area (Å²) in [5.74, 6) is 0.404. The molecule has 202 valence electrons. The fraction of sp³-hybridized carbons (Fsp3) is 0.481. The normalized spacial score (nSPS) is 21.2. The lowest BCUT2D eigenvalue weighted by Gasteiger charge is -2.34. The second-order valence-electron chi connectivity index (χ2n) is 10.0. The maximum atomic E-state index is 13.0. The highest BCUT2D eigenvalue weighted by atomic mass is 19.3. The summed E-state index contributed by atoms with van der Waals surface area (Å²) in [5, 5.41) is 25.8. The van der Waals surface area contributed by atoms with Crippen LogP contribution < -0.4 is 5.32 Å². The molecule has 2 fully saturated rings. The Morgan fingerprint density at radius 1 is 1.03 bits per heavy atom. The molecular weight excluding hydrogens is 492 g/mol. The highest BCUT2D eigenvalue weighted by Crippen LogP contribution is 2.26. The van der Waals surface area contributed by atoms with Crippen molar-refractivity contribution < 1.29 is 18.7 Å². The molecule has 5 rings (SSSR count). The minimum Gasteiger partial charge on any atom is -0.387 e. The van der Waals surface area contributed by atoms with E-state index in [0.717, 1.165) is 35.2 Å². The third-order valence-electron chi connectivity index (χ3n) is 7.30. The van der Waals surface area contributed by atoms with Crippen LogP contribution in [0, 0.1) is 0 Å². The molecule has 0 bridgehead atoms. The number of aliphatic hydroxyl groups is 1. The fourth-order valence-electron chi connectivity index (χ4n) is 5.24. The summed E-state index contributed by atoms with van der Waals surface area (Å²) in [5.41, 5.74) is 2.75. The molecule has 2 N–H and O–H groups in total. The van der Waals surface area contributed by atoms with Crippen molar-refractivity contribution in [1.29, 1.82) is 0 Å². The van der Waals surface area contributed by atoms with Crippen molar-refractivity contribution in [3.63, 3.8) is 0 Å². The molecule has 3 unspecified atom stereocenters. The number of piperazine rings is 1. The van der Waals surface area contributed by atoms with Gasteiger partial charge in [-0.1, -0.05) is 42.5 Å². The lowest BCUT2D eigenvalue weighted by molar-refractivity contribution is 0.0625. The van der Waals surface area contributed by atoms with E-state index in [0.29, 0.717) is 50.2 Å². The molecule has 0 aliphatic carbocycles. The molecule has 3 atom stereocenters. The van der Waals surface area contributed by atoms with E-state index in [1.165, 1.54) is 0 Å². The van der Waals surface area contributed by atoms with Crippen LogP contribution in [0.5, 0.6) is 0 Å². The molecule has 38 heavy (non-hydrogen) atoms. The quantitative estimate of drug-likeness (QED) is 0.442. The van der Waals surface area contributed by atoms with E-state index < -0.39 is 19.1 Å². The average Bonchev–Trinajstić information content (AvgIpc) is 3.58. The molecule has 9 nitrogen and oxygen atoms in total. The number of nitrogens with zero attached hydrogens (tertiary/aromatic N) is 6. The predicted octanol–water partition coefficient (Wildman–Crippen LogP) is 2.29. The zero-order valence-electron chi connectivity index (χ0n) is 21.2. The van der Waals surface area contributed by atoms with Gasteiger partial charge in [-0.3, -0.25) is 9.69 Å². The van der Waals surface area contributed by atoms with Gasteiger partial charge in [-0.05, 0) is 47.7 Å². The molecular formula is C27H33F2N7O2. The molecule has 2 aliphatic rings. The summed E-state index contributed by atoms with van der Waals surface area (Å²) in [6, 6.07) is 17.9. The van der Waals surface area contributed by atoms with Crippen LogP contribution in [-0.2, 0) is 19.5 Å². The summed E-state index contributed by atoms with van der Waals surface area (Å²) in [7, 11) is 0. The smallest absolute Gasteiger partial charge is 0.259 e. The number of tetrazole rings is 1. The molecule has 0 spiro atoms. The summed E-state index contributed by atoms with van der Waals surface area (Å²) in [6.45, 7) is 2.29. The number of hydrogen-bond acceptors (Lipinski definition) is 7. The zero-order valence-corrected chi connectivity index (χ0v) is 21.2. The summed E-state index contributed by atoms with van der Waals surface area (Å²) >= 11 is 0. The zero-order chi connectivity index (χ0) is 26.5. The number of amides is 1. The van der Waals surface area contributed by atoms with E-state index in [9.17, 15) is 18.7 Å². The molecule has 2 aliphatic heterocycles. The number of rotatable bonds is 9. The largest absolute Gasteiger partial charge is 0.387 e. The Morgan fingerprint density at radius 3 is 2.47 bits per heavy atom. The Kier molecular flexibility index (Phi) is 8.35. The molecule has 1 aromatic heterocycles. The van der Waals surface area contributed by atoms with Crippen LogP contribution in [0.15, 0.2) is 54.6 Å². The molecule has 3 aromatic rings. The number of carbonyl (C=O) groups is 1. The number of hydrogen-bond donors (Lipinski definition) is 2. The Bertz CT molecular complexity index is 1180. The van der Waals surface area contributed by atoms with Gasteiger partial charge in [0.25, 0.3) is 12.3 Å². The van der Waals surface area contributed by atoms with Gasteiger partial charge >= 0.3 is 0 Å². The van der Waals surface area contributed by atoms with Gasteiger partial charge in [0.15, 0.2) is 5.82 Å². The van der Waals surface area contributed by atoms with Crippen molar-refractivity contribution in [1.82, 2.24) is 35.3 Å². The van der Waals surface area contributed by atoms with E-state index in [1.54, 1.807) is 0 Å². The van der Waals surface area contributed by atoms with Crippen molar-refractivity contribution in [2.75, 3.05) is 26.2 Å². The second kappa shape index (κ2) is 12.1. The van der Waals surface area contributed by atoms with Gasteiger partial charge in [0.05, 0.1) is 12.6 Å². The van der Waals surface area contributed by atoms with E-state index in [4.69, 9.17) is 0 Å². The van der Waals surface area contributed by atoms with Crippen LogP contribution in [0.3, 0.4) is 0 Å². The molecule has 0 radical (unpaired) electrons. The Labute approximate surface area is 220 Å². The number of carbonyl (C=O) groups excluding carboxylic acids is 1. The van der Waals surface area contributed by atoms with Crippen LogP contribution in [0.1, 0.15) is 46.3 Å². The first kappa shape index (κ1) is 26.3.